The fourth-order valence-corrected chi connectivity index (χ4v) is 3.83. The van der Waals surface area contributed by atoms with E-state index >= 15 is 0 Å². The van der Waals surface area contributed by atoms with E-state index < -0.39 is 79.6 Å². The van der Waals surface area contributed by atoms with E-state index in [0.717, 1.165) is 7.11 Å². The van der Waals surface area contributed by atoms with Crippen LogP contribution in [0.2, 0.25) is 0 Å². The van der Waals surface area contributed by atoms with E-state index in [1.165, 1.54) is 6.92 Å². The first-order chi connectivity index (χ1) is 14.0. The number of carbonyl (C=O) groups excluding carboxylic acids is 1. The van der Waals surface area contributed by atoms with Gasteiger partial charge < -0.3 is 49.8 Å². The van der Waals surface area contributed by atoms with Gasteiger partial charge in [-0.25, -0.2) is 4.79 Å². The number of carbonyl (C=O) groups is 2. The van der Waals surface area contributed by atoms with Gasteiger partial charge in [0.1, 0.15) is 36.6 Å². The molecule has 10 atom stereocenters. The molecule has 0 bridgehead atoms. The molecule has 1 amide bonds. The average Bonchev–Trinajstić information content (AvgIpc) is 2.67. The molecule has 0 radical (unpaired) electrons. The number of carboxylic acid groups (broad SMARTS) is 1. The Morgan fingerprint density at radius 2 is 1.70 bits per heavy atom. The minimum Gasteiger partial charge on any atom is -0.479 e. The van der Waals surface area contributed by atoms with Crippen molar-refractivity contribution in [3.8, 4) is 0 Å². The molecule has 12 heteroatoms. The van der Waals surface area contributed by atoms with Crippen molar-refractivity contribution in [2.24, 2.45) is 5.92 Å². The van der Waals surface area contributed by atoms with E-state index in [1.54, 1.807) is 0 Å². The second kappa shape index (κ2) is 10.3. The zero-order chi connectivity index (χ0) is 22.7. The van der Waals surface area contributed by atoms with Gasteiger partial charge in [-0.15, -0.1) is 0 Å². The summed E-state index contributed by atoms with van der Waals surface area (Å²) in [5, 5.41) is 52.9. The van der Waals surface area contributed by atoms with Crippen LogP contribution in [0.15, 0.2) is 0 Å². The number of ether oxygens (including phenoxy) is 4. The summed E-state index contributed by atoms with van der Waals surface area (Å²) in [6, 6.07) is -0.906. The molecule has 6 N–H and O–H groups in total. The summed E-state index contributed by atoms with van der Waals surface area (Å²) in [6.45, 7) is 4.33. The quantitative estimate of drug-likeness (QED) is 0.242. The monoisotopic (exact) mass is 437 g/mol. The maximum atomic E-state index is 11.7. The van der Waals surface area contributed by atoms with Crippen LogP contribution in [0.1, 0.15) is 20.8 Å². The highest BCUT2D eigenvalue weighted by Crippen LogP contribution is 2.32. The Kier molecular flexibility index (Phi) is 8.53. The number of hydrogen-bond acceptors (Lipinski definition) is 10. The van der Waals surface area contributed by atoms with Gasteiger partial charge in [-0.05, 0) is 5.92 Å². The van der Waals surface area contributed by atoms with Crippen LogP contribution in [0, 0.1) is 5.92 Å². The zero-order valence-electron chi connectivity index (χ0n) is 17.2. The summed E-state index contributed by atoms with van der Waals surface area (Å²) in [7, 11) is 1.16. The van der Waals surface area contributed by atoms with Crippen LogP contribution in [0.3, 0.4) is 0 Å². The van der Waals surface area contributed by atoms with Crippen LogP contribution in [0.25, 0.3) is 0 Å². The molecular formula is C18H31NO11. The first-order valence-electron chi connectivity index (χ1n) is 9.67. The molecule has 2 aliphatic heterocycles. The van der Waals surface area contributed by atoms with Gasteiger partial charge >= 0.3 is 5.97 Å². The number of rotatable bonds is 7. The average molecular weight is 437 g/mol. The highest BCUT2D eigenvalue weighted by Gasteiger charge is 2.53. The Morgan fingerprint density at radius 3 is 2.17 bits per heavy atom. The fourth-order valence-electron chi connectivity index (χ4n) is 3.83. The SMILES string of the molecule is COC1C(C(=O)O)OC(OC2C(O)C(CO)O[C@H](C(C)C)C2NC(C)=O)C(O)C1O. The molecule has 0 saturated carbocycles. The van der Waals surface area contributed by atoms with E-state index in [9.17, 15) is 35.1 Å². The summed E-state index contributed by atoms with van der Waals surface area (Å²) in [5.41, 5.74) is 0. The second-order valence-corrected chi connectivity index (χ2v) is 7.83. The van der Waals surface area contributed by atoms with Crippen LogP contribution >= 0.6 is 0 Å². The Balaban J connectivity index is 2.34. The van der Waals surface area contributed by atoms with Gasteiger partial charge in [0.2, 0.25) is 5.91 Å². The molecular weight excluding hydrogens is 406 g/mol. The lowest BCUT2D eigenvalue weighted by atomic mass is 9.87. The largest absolute Gasteiger partial charge is 0.479 e. The van der Waals surface area contributed by atoms with Crippen molar-refractivity contribution >= 4 is 11.9 Å². The smallest absolute Gasteiger partial charge is 0.335 e. The minimum atomic E-state index is -1.70. The molecule has 9 unspecified atom stereocenters. The Labute approximate surface area is 173 Å². The number of methoxy groups -OCH3 is 1. The van der Waals surface area contributed by atoms with Crippen molar-refractivity contribution in [2.75, 3.05) is 13.7 Å². The Bertz CT molecular complexity index is 603. The van der Waals surface area contributed by atoms with E-state index in [0.29, 0.717) is 0 Å². The van der Waals surface area contributed by atoms with Gasteiger partial charge in [0.25, 0.3) is 0 Å². The molecule has 2 aliphatic rings. The minimum absolute atomic E-state index is 0.165. The third-order valence-corrected chi connectivity index (χ3v) is 5.32. The maximum Gasteiger partial charge on any atom is 0.335 e. The van der Waals surface area contributed by atoms with Crippen molar-refractivity contribution < 1.29 is 54.1 Å². The van der Waals surface area contributed by atoms with E-state index in [-0.39, 0.29) is 5.92 Å². The predicted octanol–water partition coefficient (Wildman–Crippen LogP) is -2.80. The van der Waals surface area contributed by atoms with Gasteiger partial charge in [-0.1, -0.05) is 13.8 Å². The second-order valence-electron chi connectivity index (χ2n) is 7.83. The van der Waals surface area contributed by atoms with Gasteiger partial charge in [-0.2, -0.15) is 0 Å². The fraction of sp³-hybridized carbons (Fsp3) is 0.889. The first kappa shape index (κ1) is 24.9. The maximum absolute atomic E-state index is 11.7. The molecule has 2 fully saturated rings. The number of aliphatic hydroxyl groups is 4. The lowest BCUT2D eigenvalue weighted by Crippen LogP contribution is -2.68. The van der Waals surface area contributed by atoms with E-state index in [1.807, 2.05) is 13.8 Å². The molecule has 2 rings (SSSR count). The molecule has 0 aliphatic carbocycles. The summed E-state index contributed by atoms with van der Waals surface area (Å²) in [4.78, 5) is 23.3. The highest BCUT2D eigenvalue weighted by atomic mass is 16.7. The van der Waals surface area contributed by atoms with E-state index in [4.69, 9.17) is 18.9 Å². The summed E-state index contributed by atoms with van der Waals surface area (Å²) in [5.74, 6) is -2.05. The Hall–Kier alpha value is -1.38. The lowest BCUT2D eigenvalue weighted by Gasteiger charge is -2.48. The van der Waals surface area contributed by atoms with Gasteiger partial charge in [0, 0.05) is 14.0 Å². The molecule has 2 heterocycles. The van der Waals surface area contributed by atoms with Crippen molar-refractivity contribution in [1.82, 2.24) is 5.32 Å². The van der Waals surface area contributed by atoms with Crippen molar-refractivity contribution in [3.05, 3.63) is 0 Å². The van der Waals surface area contributed by atoms with Crippen LogP contribution < -0.4 is 5.32 Å². The van der Waals surface area contributed by atoms with E-state index in [2.05, 4.69) is 5.32 Å². The number of nitrogens with one attached hydrogen (secondary N) is 1. The molecule has 12 nitrogen and oxygen atoms in total. The molecule has 174 valence electrons. The van der Waals surface area contributed by atoms with Crippen LogP contribution in [-0.4, -0.2) is 112 Å². The molecule has 0 aromatic heterocycles. The standard InChI is InChI=1S/C18H31NO11/c1-6(2)13-9(19-7(3)21)14(10(22)8(5-20)28-13)29-18-12(24)11(23)15(27-4)16(30-18)17(25)26/h6,8-16,18,20,22-24H,5H2,1-4H3,(H,19,21)(H,25,26)/t8?,9?,10?,11?,12?,13-,14?,15?,16?,18?/m1/s1. The van der Waals surface area contributed by atoms with Crippen LogP contribution in [0.4, 0.5) is 0 Å². The molecule has 0 spiro atoms. The van der Waals surface area contributed by atoms with Gasteiger partial charge in [0.05, 0.1) is 18.8 Å². The molecule has 0 aromatic carbocycles. The van der Waals surface area contributed by atoms with Gasteiger partial charge in [-0.3, -0.25) is 4.79 Å². The number of aliphatic carboxylic acids is 1. The summed E-state index contributed by atoms with van der Waals surface area (Å²) < 4.78 is 21.7. The predicted molar refractivity (Wildman–Crippen MR) is 98.2 cm³/mol. The van der Waals surface area contributed by atoms with Crippen molar-refractivity contribution in [2.45, 2.75) is 81.9 Å². The number of hydrogen-bond donors (Lipinski definition) is 6. The number of amides is 1. The Morgan fingerprint density at radius 1 is 1.07 bits per heavy atom. The molecule has 0 aromatic rings. The molecule has 2 saturated heterocycles. The third kappa shape index (κ3) is 5.08. The normalized spacial score (nSPS) is 42.2. The lowest BCUT2D eigenvalue weighted by molar-refractivity contribution is -0.329. The number of aliphatic hydroxyl groups excluding tert-OH is 4. The van der Waals surface area contributed by atoms with Gasteiger partial charge in [0.15, 0.2) is 12.4 Å². The van der Waals surface area contributed by atoms with Crippen molar-refractivity contribution in [1.29, 1.82) is 0 Å². The first-order valence-corrected chi connectivity index (χ1v) is 9.67. The van der Waals surface area contributed by atoms with Crippen molar-refractivity contribution in [3.63, 3.8) is 0 Å². The third-order valence-electron chi connectivity index (χ3n) is 5.32. The van der Waals surface area contributed by atoms with Crippen LogP contribution in [0.5, 0.6) is 0 Å². The topological polar surface area (TPSA) is 184 Å². The summed E-state index contributed by atoms with van der Waals surface area (Å²) >= 11 is 0. The summed E-state index contributed by atoms with van der Waals surface area (Å²) in [6.07, 6.45) is -12.4. The molecule has 30 heavy (non-hydrogen) atoms. The zero-order valence-corrected chi connectivity index (χ0v) is 17.2. The van der Waals surface area contributed by atoms with Crippen LogP contribution in [-0.2, 0) is 28.5 Å². The number of carboxylic acids is 1. The highest BCUT2D eigenvalue weighted by molar-refractivity contribution is 5.74.